The summed E-state index contributed by atoms with van der Waals surface area (Å²) in [7, 11) is 2.00. The Morgan fingerprint density at radius 2 is 1.88 bits per heavy atom. The second kappa shape index (κ2) is 5.49. The Morgan fingerprint density at radius 3 is 2.69 bits per heavy atom. The average Bonchev–Trinajstić information content (AvgIpc) is 2.95. The van der Waals surface area contributed by atoms with Crippen LogP contribution in [0.4, 0.5) is 11.5 Å². The van der Waals surface area contributed by atoms with Gasteiger partial charge in [-0.05, 0) is 46.6 Å². The zero-order valence-electron chi connectivity index (χ0n) is 14.0. The molecule has 6 nitrogen and oxygen atoms in total. The van der Waals surface area contributed by atoms with E-state index in [-0.39, 0.29) is 6.04 Å². The number of benzene rings is 1. The second-order valence-electron chi connectivity index (χ2n) is 6.41. The third-order valence-electron chi connectivity index (χ3n) is 4.91. The standard InChI is InChI=1S/C20H15N5O/c1-25-11-16-17-14(8-10-22-20(17)25)15-3-2-9-21-19(15)23-18(16)12-4-6-13(24-26)7-5-12/h2-11,18H,1H3,(H,21,23). The van der Waals surface area contributed by atoms with Crippen molar-refractivity contribution in [2.45, 2.75) is 6.04 Å². The van der Waals surface area contributed by atoms with Crippen molar-refractivity contribution < 1.29 is 0 Å². The monoisotopic (exact) mass is 341 g/mol. The van der Waals surface area contributed by atoms with Gasteiger partial charge in [-0.3, -0.25) is 0 Å². The molecule has 0 fully saturated rings. The Hall–Kier alpha value is -3.54. The van der Waals surface area contributed by atoms with Crippen LogP contribution >= 0.6 is 0 Å². The van der Waals surface area contributed by atoms with Crippen molar-refractivity contribution >= 4 is 22.5 Å². The molecule has 0 aliphatic carbocycles. The normalized spacial score (nSPS) is 15.2. The van der Waals surface area contributed by atoms with E-state index in [1.807, 2.05) is 42.1 Å². The first kappa shape index (κ1) is 14.8. The molecule has 126 valence electrons. The van der Waals surface area contributed by atoms with Gasteiger partial charge in [-0.1, -0.05) is 12.1 Å². The SMILES string of the molecule is Cn1cc2c3c(ccnc31)-c1cccnc1NC2c1ccc(N=O)cc1. The quantitative estimate of drug-likeness (QED) is 0.543. The summed E-state index contributed by atoms with van der Waals surface area (Å²) < 4.78 is 2.05. The zero-order valence-corrected chi connectivity index (χ0v) is 14.0. The molecule has 0 saturated heterocycles. The molecular formula is C20H15N5O. The van der Waals surface area contributed by atoms with Gasteiger partial charge in [0.05, 0.1) is 6.04 Å². The molecular weight excluding hydrogens is 326 g/mol. The van der Waals surface area contributed by atoms with Crippen LogP contribution in [-0.2, 0) is 7.05 Å². The molecule has 0 radical (unpaired) electrons. The minimum absolute atomic E-state index is 0.0986. The van der Waals surface area contributed by atoms with Crippen LogP contribution in [0.5, 0.6) is 0 Å². The van der Waals surface area contributed by atoms with Crippen LogP contribution in [0.2, 0.25) is 0 Å². The lowest BCUT2D eigenvalue weighted by Crippen LogP contribution is -2.12. The number of nitroso groups, excluding NO2 is 1. The topological polar surface area (TPSA) is 72.2 Å². The third kappa shape index (κ3) is 2.05. The molecule has 1 aliphatic rings. The summed E-state index contributed by atoms with van der Waals surface area (Å²) in [6.45, 7) is 0. The Balaban J connectivity index is 1.82. The van der Waals surface area contributed by atoms with E-state index in [4.69, 9.17) is 0 Å². The maximum Gasteiger partial charge on any atom is 0.140 e. The van der Waals surface area contributed by atoms with E-state index in [9.17, 15) is 4.91 Å². The molecule has 6 heteroatoms. The van der Waals surface area contributed by atoms with Crippen LogP contribution in [0.25, 0.3) is 22.2 Å². The minimum Gasteiger partial charge on any atom is -0.359 e. The molecule has 1 aliphatic heterocycles. The van der Waals surface area contributed by atoms with Crippen LogP contribution in [0.1, 0.15) is 17.2 Å². The highest BCUT2D eigenvalue weighted by atomic mass is 16.3. The lowest BCUT2D eigenvalue weighted by Gasteiger charge is -2.18. The average molecular weight is 341 g/mol. The Labute approximate surface area is 149 Å². The maximum absolute atomic E-state index is 10.7. The van der Waals surface area contributed by atoms with Gasteiger partial charge in [-0.25, -0.2) is 9.97 Å². The van der Waals surface area contributed by atoms with Gasteiger partial charge in [-0.2, -0.15) is 0 Å². The lowest BCUT2D eigenvalue weighted by atomic mass is 9.97. The summed E-state index contributed by atoms with van der Waals surface area (Å²) in [5, 5.41) is 7.69. The van der Waals surface area contributed by atoms with Gasteiger partial charge in [0, 0.05) is 42.2 Å². The predicted octanol–water partition coefficient (Wildman–Crippen LogP) is 4.55. The first-order valence-corrected chi connectivity index (χ1v) is 8.35. The highest BCUT2D eigenvalue weighted by molar-refractivity contribution is 6.00. The second-order valence-corrected chi connectivity index (χ2v) is 6.41. The van der Waals surface area contributed by atoms with Crippen LogP contribution in [0.15, 0.2) is 66.2 Å². The largest absolute Gasteiger partial charge is 0.359 e. The number of hydrogen-bond acceptors (Lipinski definition) is 5. The van der Waals surface area contributed by atoms with Crippen molar-refractivity contribution in [3.05, 3.63) is 77.1 Å². The molecule has 1 aromatic carbocycles. The minimum atomic E-state index is -0.0986. The summed E-state index contributed by atoms with van der Waals surface area (Å²) in [6.07, 6.45) is 5.73. The predicted molar refractivity (Wildman–Crippen MR) is 101 cm³/mol. The van der Waals surface area contributed by atoms with Crippen molar-refractivity contribution in [2.75, 3.05) is 5.32 Å². The van der Waals surface area contributed by atoms with Crippen molar-refractivity contribution in [1.29, 1.82) is 0 Å². The Morgan fingerprint density at radius 1 is 1.04 bits per heavy atom. The fourth-order valence-electron chi connectivity index (χ4n) is 3.72. The molecule has 1 unspecified atom stereocenters. The molecule has 5 rings (SSSR count). The van der Waals surface area contributed by atoms with Gasteiger partial charge < -0.3 is 9.88 Å². The van der Waals surface area contributed by atoms with E-state index < -0.39 is 0 Å². The number of aryl methyl sites for hydroxylation is 1. The smallest absolute Gasteiger partial charge is 0.140 e. The van der Waals surface area contributed by atoms with Gasteiger partial charge in [0.1, 0.15) is 17.2 Å². The van der Waals surface area contributed by atoms with Crippen LogP contribution in [-0.4, -0.2) is 14.5 Å². The molecule has 0 amide bonds. The van der Waals surface area contributed by atoms with Crippen molar-refractivity contribution in [3.8, 4) is 11.1 Å². The molecule has 0 spiro atoms. The maximum atomic E-state index is 10.7. The Kier molecular flexibility index (Phi) is 3.12. The highest BCUT2D eigenvalue weighted by Crippen LogP contribution is 2.43. The molecule has 1 atom stereocenters. The highest BCUT2D eigenvalue weighted by Gasteiger charge is 2.27. The van der Waals surface area contributed by atoms with E-state index in [1.54, 1.807) is 18.3 Å². The Bertz CT molecular complexity index is 1150. The van der Waals surface area contributed by atoms with Crippen molar-refractivity contribution in [2.24, 2.45) is 12.2 Å². The number of nitrogens with one attached hydrogen (secondary N) is 1. The van der Waals surface area contributed by atoms with Gasteiger partial charge in [0.2, 0.25) is 0 Å². The summed E-state index contributed by atoms with van der Waals surface area (Å²) in [4.78, 5) is 19.9. The molecule has 1 N–H and O–H groups in total. The van der Waals surface area contributed by atoms with Crippen molar-refractivity contribution in [3.63, 3.8) is 0 Å². The van der Waals surface area contributed by atoms with Gasteiger partial charge in [-0.15, -0.1) is 4.91 Å². The molecule has 4 aromatic rings. The van der Waals surface area contributed by atoms with Gasteiger partial charge in [0.15, 0.2) is 0 Å². The van der Waals surface area contributed by atoms with Crippen LogP contribution in [0.3, 0.4) is 0 Å². The molecule has 4 heterocycles. The molecule has 26 heavy (non-hydrogen) atoms. The summed E-state index contributed by atoms with van der Waals surface area (Å²) in [6, 6.07) is 13.3. The summed E-state index contributed by atoms with van der Waals surface area (Å²) in [5.74, 6) is 0.835. The number of hydrogen-bond donors (Lipinski definition) is 1. The van der Waals surface area contributed by atoms with E-state index in [0.29, 0.717) is 5.69 Å². The number of pyridine rings is 2. The summed E-state index contributed by atoms with van der Waals surface area (Å²) >= 11 is 0. The number of aromatic nitrogens is 3. The van der Waals surface area contributed by atoms with Crippen molar-refractivity contribution in [1.82, 2.24) is 14.5 Å². The molecule has 0 saturated carbocycles. The van der Waals surface area contributed by atoms with E-state index >= 15 is 0 Å². The van der Waals surface area contributed by atoms with E-state index in [2.05, 4.69) is 32.7 Å². The van der Waals surface area contributed by atoms with E-state index in [0.717, 1.165) is 39.1 Å². The summed E-state index contributed by atoms with van der Waals surface area (Å²) in [5.41, 5.74) is 5.71. The van der Waals surface area contributed by atoms with Crippen LogP contribution in [0, 0.1) is 4.91 Å². The lowest BCUT2D eigenvalue weighted by molar-refractivity contribution is 0.898. The van der Waals surface area contributed by atoms with Crippen LogP contribution < -0.4 is 5.32 Å². The number of rotatable bonds is 2. The van der Waals surface area contributed by atoms with Gasteiger partial charge in [0.25, 0.3) is 0 Å². The number of anilines is 1. The van der Waals surface area contributed by atoms with E-state index in [1.165, 1.54) is 0 Å². The number of nitrogens with zero attached hydrogens (tertiary/aromatic N) is 4. The first-order valence-electron chi connectivity index (χ1n) is 8.35. The number of fused-ring (bicyclic) bond motifs is 2. The first-order chi connectivity index (χ1) is 12.8. The fraction of sp³-hybridized carbons (Fsp3) is 0.100. The fourth-order valence-corrected chi connectivity index (χ4v) is 3.72. The zero-order chi connectivity index (χ0) is 17.7. The molecule has 0 bridgehead atoms. The molecule has 3 aromatic heterocycles. The third-order valence-corrected chi connectivity index (χ3v) is 4.91. The van der Waals surface area contributed by atoms with Gasteiger partial charge >= 0.3 is 0 Å².